The molecule has 0 atom stereocenters. The van der Waals surface area contributed by atoms with Crippen LogP contribution in [-0.4, -0.2) is 6.03 Å². The van der Waals surface area contributed by atoms with Gasteiger partial charge < -0.3 is 5.32 Å². The highest BCUT2D eigenvalue weighted by molar-refractivity contribution is 7.99. The van der Waals surface area contributed by atoms with E-state index in [-0.39, 0.29) is 5.69 Å². The van der Waals surface area contributed by atoms with E-state index < -0.39 is 17.8 Å². The minimum absolute atomic E-state index is 0.179. The minimum atomic E-state index is -4.51. The summed E-state index contributed by atoms with van der Waals surface area (Å²) in [5.74, 6) is 0. The smallest absolute Gasteiger partial charge is 0.307 e. The highest BCUT2D eigenvalue weighted by atomic mass is 35.5. The highest BCUT2D eigenvalue weighted by Gasteiger charge is 2.34. The van der Waals surface area contributed by atoms with E-state index in [2.05, 4.69) is 5.32 Å². The summed E-state index contributed by atoms with van der Waals surface area (Å²) in [6, 6.07) is 16.5. The van der Waals surface area contributed by atoms with Crippen molar-refractivity contribution in [3.63, 3.8) is 0 Å². The zero-order chi connectivity index (χ0) is 19.9. The zero-order valence-electron chi connectivity index (χ0n) is 14.1. The van der Waals surface area contributed by atoms with Crippen molar-refractivity contribution >= 4 is 46.5 Å². The second-order valence-electron chi connectivity index (χ2n) is 6.03. The summed E-state index contributed by atoms with van der Waals surface area (Å²) in [6.07, 6.45) is -4.51. The first-order valence-corrected chi connectivity index (χ1v) is 9.37. The molecule has 1 N–H and O–H groups in total. The van der Waals surface area contributed by atoms with Gasteiger partial charge in [-0.05, 0) is 48.5 Å². The average molecular weight is 421 g/mol. The molecular weight excluding hydrogens is 409 g/mol. The number of carbonyl (C=O) groups is 1. The van der Waals surface area contributed by atoms with Crippen LogP contribution >= 0.6 is 23.4 Å². The fourth-order valence-corrected chi connectivity index (χ4v) is 4.12. The number of amides is 2. The van der Waals surface area contributed by atoms with Crippen LogP contribution in [0.25, 0.3) is 0 Å². The standard InChI is InChI=1S/C20H12ClF3N2OS/c21-13-4-3-5-14(11-13)25-19(27)26-15-6-1-2-7-17(15)28-18-9-8-12(10-16(18)26)20(22,23)24/h1-11H,(H,25,27). The van der Waals surface area contributed by atoms with Crippen molar-refractivity contribution in [2.45, 2.75) is 16.0 Å². The molecule has 0 saturated carbocycles. The number of fused-ring (bicyclic) bond motifs is 2. The molecule has 28 heavy (non-hydrogen) atoms. The lowest BCUT2D eigenvalue weighted by molar-refractivity contribution is -0.137. The minimum Gasteiger partial charge on any atom is -0.307 e. The molecule has 3 aromatic carbocycles. The molecule has 0 bridgehead atoms. The topological polar surface area (TPSA) is 32.3 Å². The van der Waals surface area contributed by atoms with Crippen LogP contribution in [0.4, 0.5) is 35.0 Å². The molecule has 0 radical (unpaired) electrons. The third-order valence-electron chi connectivity index (χ3n) is 4.13. The van der Waals surface area contributed by atoms with Crippen molar-refractivity contribution in [1.82, 2.24) is 0 Å². The Morgan fingerprint density at radius 1 is 0.929 bits per heavy atom. The number of urea groups is 1. The zero-order valence-corrected chi connectivity index (χ0v) is 15.7. The Hall–Kier alpha value is -2.64. The highest BCUT2D eigenvalue weighted by Crippen LogP contribution is 2.49. The molecule has 0 unspecified atom stereocenters. The molecule has 142 valence electrons. The Morgan fingerprint density at radius 3 is 2.43 bits per heavy atom. The van der Waals surface area contributed by atoms with Gasteiger partial charge in [0.15, 0.2) is 0 Å². The van der Waals surface area contributed by atoms with Crippen molar-refractivity contribution in [3.05, 3.63) is 77.3 Å². The summed E-state index contributed by atoms with van der Waals surface area (Å²) in [7, 11) is 0. The lowest BCUT2D eigenvalue weighted by atomic mass is 10.1. The Bertz CT molecular complexity index is 1070. The van der Waals surface area contributed by atoms with Crippen LogP contribution in [0.3, 0.4) is 0 Å². The van der Waals surface area contributed by atoms with Gasteiger partial charge in [0.2, 0.25) is 0 Å². The molecule has 0 spiro atoms. The first-order valence-electron chi connectivity index (χ1n) is 8.18. The molecule has 3 aromatic rings. The third kappa shape index (κ3) is 3.55. The maximum absolute atomic E-state index is 13.2. The van der Waals surface area contributed by atoms with Gasteiger partial charge in [-0.3, -0.25) is 4.90 Å². The average Bonchev–Trinajstić information content (AvgIpc) is 2.64. The number of hydrogen-bond acceptors (Lipinski definition) is 2. The summed E-state index contributed by atoms with van der Waals surface area (Å²) in [5.41, 5.74) is 0.324. The van der Waals surface area contributed by atoms with E-state index in [0.29, 0.717) is 21.3 Å². The van der Waals surface area contributed by atoms with Crippen molar-refractivity contribution in [1.29, 1.82) is 0 Å². The van der Waals surface area contributed by atoms with E-state index in [4.69, 9.17) is 11.6 Å². The molecule has 0 aromatic heterocycles. The lowest BCUT2D eigenvalue weighted by Gasteiger charge is -2.31. The molecular formula is C20H12ClF3N2OS. The van der Waals surface area contributed by atoms with Crippen molar-refractivity contribution in [3.8, 4) is 0 Å². The van der Waals surface area contributed by atoms with E-state index in [9.17, 15) is 18.0 Å². The van der Waals surface area contributed by atoms with Gasteiger partial charge in [0.05, 0.1) is 16.9 Å². The largest absolute Gasteiger partial charge is 0.416 e. The molecule has 0 saturated heterocycles. The number of alkyl halides is 3. The molecule has 1 aliphatic heterocycles. The Morgan fingerprint density at radius 2 is 1.68 bits per heavy atom. The number of halogens is 4. The van der Waals surface area contributed by atoms with Gasteiger partial charge in [0, 0.05) is 20.5 Å². The number of para-hydroxylation sites is 1. The Kier molecular flexibility index (Phi) is 4.72. The van der Waals surface area contributed by atoms with Crippen LogP contribution in [-0.2, 0) is 6.18 Å². The van der Waals surface area contributed by atoms with Crippen LogP contribution in [0.15, 0.2) is 76.5 Å². The number of benzene rings is 3. The summed E-state index contributed by atoms with van der Waals surface area (Å²) < 4.78 is 39.7. The monoisotopic (exact) mass is 420 g/mol. The van der Waals surface area contributed by atoms with E-state index in [1.165, 1.54) is 22.7 Å². The number of carbonyl (C=O) groups excluding carboxylic acids is 1. The van der Waals surface area contributed by atoms with Gasteiger partial charge in [-0.1, -0.05) is 41.6 Å². The van der Waals surface area contributed by atoms with Crippen LogP contribution in [0, 0.1) is 0 Å². The van der Waals surface area contributed by atoms with Gasteiger partial charge in [0.25, 0.3) is 0 Å². The van der Waals surface area contributed by atoms with Gasteiger partial charge in [-0.2, -0.15) is 13.2 Å². The maximum atomic E-state index is 13.2. The molecule has 1 aliphatic rings. The predicted molar refractivity (Wildman–Crippen MR) is 105 cm³/mol. The fraction of sp³-hybridized carbons (Fsp3) is 0.0500. The SMILES string of the molecule is O=C(Nc1cccc(Cl)c1)N1c2ccccc2Sc2ccc(C(F)(F)F)cc21. The Labute approximate surface area is 168 Å². The molecule has 0 fully saturated rings. The van der Waals surface area contributed by atoms with E-state index in [0.717, 1.165) is 17.0 Å². The number of nitrogens with zero attached hydrogens (tertiary/aromatic N) is 1. The fourth-order valence-electron chi connectivity index (χ4n) is 2.90. The summed E-state index contributed by atoms with van der Waals surface area (Å²) in [4.78, 5) is 15.6. The number of nitrogens with one attached hydrogen (secondary N) is 1. The molecule has 8 heteroatoms. The summed E-state index contributed by atoms with van der Waals surface area (Å²) in [6.45, 7) is 0. The van der Waals surface area contributed by atoms with E-state index >= 15 is 0 Å². The van der Waals surface area contributed by atoms with Gasteiger partial charge in [-0.15, -0.1) is 0 Å². The molecule has 3 nitrogen and oxygen atoms in total. The quantitative estimate of drug-likeness (QED) is 0.451. The molecule has 1 heterocycles. The molecule has 2 amide bonds. The summed E-state index contributed by atoms with van der Waals surface area (Å²) >= 11 is 7.28. The van der Waals surface area contributed by atoms with Crippen LogP contribution in [0.5, 0.6) is 0 Å². The van der Waals surface area contributed by atoms with Crippen molar-refractivity contribution in [2.24, 2.45) is 0 Å². The maximum Gasteiger partial charge on any atom is 0.416 e. The third-order valence-corrected chi connectivity index (χ3v) is 5.50. The van der Waals surface area contributed by atoms with E-state index in [1.54, 1.807) is 36.4 Å². The Balaban J connectivity index is 1.80. The first-order chi connectivity index (χ1) is 13.3. The van der Waals surface area contributed by atoms with Gasteiger partial charge in [0.1, 0.15) is 0 Å². The first kappa shape index (κ1) is 18.7. The van der Waals surface area contributed by atoms with Crippen LogP contribution < -0.4 is 10.2 Å². The van der Waals surface area contributed by atoms with Crippen LogP contribution in [0.1, 0.15) is 5.56 Å². The predicted octanol–water partition coefficient (Wildman–Crippen LogP) is 7.19. The summed E-state index contributed by atoms with van der Waals surface area (Å²) in [5, 5.41) is 3.14. The second-order valence-corrected chi connectivity index (χ2v) is 7.55. The second kappa shape index (κ2) is 7.07. The van der Waals surface area contributed by atoms with Crippen molar-refractivity contribution in [2.75, 3.05) is 10.2 Å². The van der Waals surface area contributed by atoms with Crippen molar-refractivity contribution < 1.29 is 18.0 Å². The molecule has 0 aliphatic carbocycles. The molecule has 4 rings (SSSR count). The lowest BCUT2D eigenvalue weighted by Crippen LogP contribution is -2.33. The van der Waals surface area contributed by atoms with E-state index in [1.807, 2.05) is 12.1 Å². The number of rotatable bonds is 1. The number of hydrogen-bond donors (Lipinski definition) is 1. The van der Waals surface area contributed by atoms with Gasteiger partial charge >= 0.3 is 12.2 Å². The normalized spacial score (nSPS) is 12.9. The van der Waals surface area contributed by atoms with Gasteiger partial charge in [-0.25, -0.2) is 4.79 Å². The van der Waals surface area contributed by atoms with Crippen LogP contribution in [0.2, 0.25) is 5.02 Å². The number of anilines is 3.